The van der Waals surface area contributed by atoms with Gasteiger partial charge in [0.15, 0.2) is 11.5 Å². The zero-order valence-electron chi connectivity index (χ0n) is 17.7. The van der Waals surface area contributed by atoms with Crippen molar-refractivity contribution >= 4 is 11.9 Å². The predicted octanol–water partition coefficient (Wildman–Crippen LogP) is 3.56. The number of nitrogens with zero attached hydrogens (tertiary/aromatic N) is 1. The summed E-state index contributed by atoms with van der Waals surface area (Å²) in [6.45, 7) is 8.66. The maximum absolute atomic E-state index is 13.1. The SMILES string of the molecule is CC(C)(C)c1ccc(OCCN2C(=O)NC(C)(c3ccc4c(c3)OCO4)C2=O)cc1. The Hall–Kier alpha value is -3.22. The van der Waals surface area contributed by atoms with E-state index in [0.717, 1.165) is 0 Å². The van der Waals surface area contributed by atoms with Crippen molar-refractivity contribution in [2.45, 2.75) is 38.6 Å². The summed E-state index contributed by atoms with van der Waals surface area (Å²) in [5.41, 5.74) is 0.763. The van der Waals surface area contributed by atoms with Gasteiger partial charge in [0.25, 0.3) is 5.91 Å². The van der Waals surface area contributed by atoms with E-state index in [9.17, 15) is 9.59 Å². The van der Waals surface area contributed by atoms with Crippen molar-refractivity contribution in [3.63, 3.8) is 0 Å². The summed E-state index contributed by atoms with van der Waals surface area (Å²) in [7, 11) is 0. The molecule has 1 atom stereocenters. The molecule has 30 heavy (non-hydrogen) atoms. The van der Waals surface area contributed by atoms with E-state index in [4.69, 9.17) is 14.2 Å². The van der Waals surface area contributed by atoms with Crippen molar-refractivity contribution in [1.82, 2.24) is 10.2 Å². The molecule has 1 unspecified atom stereocenters. The van der Waals surface area contributed by atoms with Crippen molar-refractivity contribution < 1.29 is 23.8 Å². The van der Waals surface area contributed by atoms with Gasteiger partial charge in [-0.25, -0.2) is 4.79 Å². The predicted molar refractivity (Wildman–Crippen MR) is 111 cm³/mol. The first-order valence-corrected chi connectivity index (χ1v) is 9.96. The van der Waals surface area contributed by atoms with E-state index in [2.05, 4.69) is 26.1 Å². The fourth-order valence-corrected chi connectivity index (χ4v) is 3.61. The molecule has 0 radical (unpaired) electrons. The molecule has 1 N–H and O–H groups in total. The Labute approximate surface area is 175 Å². The minimum atomic E-state index is -1.16. The number of nitrogens with one attached hydrogen (secondary N) is 1. The van der Waals surface area contributed by atoms with Crippen LogP contribution in [0, 0.1) is 0 Å². The van der Waals surface area contributed by atoms with Crippen LogP contribution in [0.2, 0.25) is 0 Å². The van der Waals surface area contributed by atoms with Crippen molar-refractivity contribution in [2.24, 2.45) is 0 Å². The summed E-state index contributed by atoms with van der Waals surface area (Å²) in [5.74, 6) is 1.57. The lowest BCUT2D eigenvalue weighted by molar-refractivity contribution is -0.131. The standard InChI is InChI=1S/C23H26N2O5/c1-22(2,3)15-5-8-17(9-6-15)28-12-11-25-20(26)23(4,24-21(25)27)16-7-10-18-19(13-16)30-14-29-18/h5-10,13H,11-12,14H2,1-4H3,(H,24,27). The number of hydrogen-bond acceptors (Lipinski definition) is 5. The van der Waals surface area contributed by atoms with Crippen LogP contribution in [-0.2, 0) is 15.7 Å². The Kier molecular flexibility index (Phi) is 4.84. The van der Waals surface area contributed by atoms with Crippen LogP contribution in [0.3, 0.4) is 0 Å². The highest BCUT2D eigenvalue weighted by molar-refractivity contribution is 6.07. The number of benzene rings is 2. The van der Waals surface area contributed by atoms with Crippen molar-refractivity contribution in [3.05, 3.63) is 53.6 Å². The number of rotatable bonds is 5. The zero-order valence-corrected chi connectivity index (χ0v) is 17.7. The van der Waals surface area contributed by atoms with E-state index < -0.39 is 11.6 Å². The molecule has 1 saturated heterocycles. The third-order valence-electron chi connectivity index (χ3n) is 5.53. The monoisotopic (exact) mass is 410 g/mol. The maximum atomic E-state index is 13.1. The van der Waals surface area contributed by atoms with Crippen LogP contribution < -0.4 is 19.5 Å². The summed E-state index contributed by atoms with van der Waals surface area (Å²) in [6, 6.07) is 12.7. The van der Waals surface area contributed by atoms with Gasteiger partial charge in [0, 0.05) is 0 Å². The fraction of sp³-hybridized carbons (Fsp3) is 0.391. The molecule has 2 aliphatic heterocycles. The number of hydrogen-bond donors (Lipinski definition) is 1. The lowest BCUT2D eigenvalue weighted by atomic mass is 9.87. The molecule has 0 aromatic heterocycles. The Morgan fingerprint density at radius 1 is 1.07 bits per heavy atom. The molecule has 7 nitrogen and oxygen atoms in total. The summed E-state index contributed by atoms with van der Waals surface area (Å²) in [4.78, 5) is 26.7. The Balaban J connectivity index is 1.41. The number of carbonyl (C=O) groups is 2. The second-order valence-electron chi connectivity index (χ2n) is 8.70. The Morgan fingerprint density at radius 2 is 1.77 bits per heavy atom. The number of carbonyl (C=O) groups excluding carboxylic acids is 2. The highest BCUT2D eigenvalue weighted by atomic mass is 16.7. The number of ether oxygens (including phenoxy) is 3. The zero-order chi connectivity index (χ0) is 21.5. The minimum absolute atomic E-state index is 0.0672. The largest absolute Gasteiger partial charge is 0.492 e. The molecule has 2 aromatic rings. The van der Waals surface area contributed by atoms with Crippen LogP contribution in [0.1, 0.15) is 38.8 Å². The van der Waals surface area contributed by atoms with Gasteiger partial charge in [-0.05, 0) is 47.7 Å². The molecular formula is C23H26N2O5. The molecule has 2 aromatic carbocycles. The van der Waals surface area contributed by atoms with Crippen molar-refractivity contribution in [2.75, 3.05) is 19.9 Å². The molecule has 4 rings (SSSR count). The molecule has 2 aliphatic rings. The summed E-state index contributed by atoms with van der Waals surface area (Å²) >= 11 is 0. The molecule has 2 heterocycles. The van der Waals surface area contributed by atoms with Crippen molar-refractivity contribution in [1.29, 1.82) is 0 Å². The molecule has 158 valence electrons. The van der Waals surface area contributed by atoms with E-state index in [-0.39, 0.29) is 31.3 Å². The lowest BCUT2D eigenvalue weighted by Crippen LogP contribution is -2.41. The topological polar surface area (TPSA) is 77.1 Å². The third-order valence-corrected chi connectivity index (χ3v) is 5.53. The molecule has 0 spiro atoms. The molecule has 0 aliphatic carbocycles. The van der Waals surface area contributed by atoms with Gasteiger partial charge >= 0.3 is 6.03 Å². The Morgan fingerprint density at radius 3 is 2.47 bits per heavy atom. The van der Waals surface area contributed by atoms with E-state index in [1.807, 2.05) is 24.3 Å². The average Bonchev–Trinajstić information content (AvgIpc) is 3.25. The Bertz CT molecular complexity index is 980. The average molecular weight is 410 g/mol. The number of urea groups is 1. The van der Waals surface area contributed by atoms with Gasteiger partial charge in [0.1, 0.15) is 17.9 Å². The molecule has 0 bridgehead atoms. The van der Waals surface area contributed by atoms with Gasteiger partial charge in [-0.3, -0.25) is 9.69 Å². The lowest BCUT2D eigenvalue weighted by Gasteiger charge is -2.22. The van der Waals surface area contributed by atoms with Gasteiger partial charge in [-0.2, -0.15) is 0 Å². The van der Waals surface area contributed by atoms with E-state index in [1.165, 1.54) is 10.5 Å². The molecule has 7 heteroatoms. The van der Waals surface area contributed by atoms with E-state index in [0.29, 0.717) is 22.8 Å². The third kappa shape index (κ3) is 3.56. The second kappa shape index (κ2) is 7.23. The van der Waals surface area contributed by atoms with Gasteiger partial charge in [-0.15, -0.1) is 0 Å². The number of imide groups is 1. The molecule has 0 saturated carbocycles. The van der Waals surface area contributed by atoms with Gasteiger partial charge in [0.2, 0.25) is 6.79 Å². The van der Waals surface area contributed by atoms with Crippen LogP contribution in [0.15, 0.2) is 42.5 Å². The van der Waals surface area contributed by atoms with E-state index >= 15 is 0 Å². The fourth-order valence-electron chi connectivity index (χ4n) is 3.61. The normalized spacial score (nSPS) is 20.5. The van der Waals surface area contributed by atoms with Crippen LogP contribution in [0.5, 0.6) is 17.2 Å². The summed E-state index contributed by atoms with van der Waals surface area (Å²) in [6.07, 6.45) is 0. The first-order valence-electron chi connectivity index (χ1n) is 9.96. The van der Waals surface area contributed by atoms with Gasteiger partial charge in [0.05, 0.1) is 6.54 Å². The minimum Gasteiger partial charge on any atom is -0.492 e. The summed E-state index contributed by atoms with van der Waals surface area (Å²) in [5, 5.41) is 2.80. The van der Waals surface area contributed by atoms with Crippen LogP contribution in [-0.4, -0.2) is 36.8 Å². The van der Waals surface area contributed by atoms with Gasteiger partial charge < -0.3 is 19.5 Å². The first-order chi connectivity index (χ1) is 14.2. The molecule has 3 amide bonds. The van der Waals surface area contributed by atoms with Crippen molar-refractivity contribution in [3.8, 4) is 17.2 Å². The number of amides is 3. The quantitative estimate of drug-likeness (QED) is 0.763. The highest BCUT2D eigenvalue weighted by Gasteiger charge is 2.49. The summed E-state index contributed by atoms with van der Waals surface area (Å²) < 4.78 is 16.5. The van der Waals surface area contributed by atoms with Crippen LogP contribution >= 0.6 is 0 Å². The number of fused-ring (bicyclic) bond motifs is 1. The maximum Gasteiger partial charge on any atom is 0.325 e. The second-order valence-corrected chi connectivity index (χ2v) is 8.70. The van der Waals surface area contributed by atoms with Gasteiger partial charge in [-0.1, -0.05) is 39.0 Å². The first kappa shape index (κ1) is 20.1. The smallest absolute Gasteiger partial charge is 0.325 e. The van der Waals surface area contributed by atoms with Crippen LogP contribution in [0.25, 0.3) is 0 Å². The molecule has 1 fully saturated rings. The molecular weight excluding hydrogens is 384 g/mol. The highest BCUT2D eigenvalue weighted by Crippen LogP contribution is 2.37. The van der Waals surface area contributed by atoms with Crippen LogP contribution in [0.4, 0.5) is 4.79 Å². The van der Waals surface area contributed by atoms with E-state index in [1.54, 1.807) is 25.1 Å².